The number of hydrogen-bond acceptors (Lipinski definition) is 2. The Kier molecular flexibility index (Phi) is 5.10. The van der Waals surface area contributed by atoms with Gasteiger partial charge in [-0.2, -0.15) is 4.31 Å². The molecule has 2 rings (SSSR count). The Morgan fingerprint density at radius 3 is 2.70 bits per heavy atom. The molecule has 1 atom stereocenters. The van der Waals surface area contributed by atoms with Crippen LogP contribution in [-0.2, 0) is 10.0 Å². The number of rotatable bonds is 5. The first kappa shape index (κ1) is 15.8. The van der Waals surface area contributed by atoms with E-state index in [0.29, 0.717) is 17.3 Å². The predicted octanol–water partition coefficient (Wildman–Crippen LogP) is 3.48. The van der Waals surface area contributed by atoms with Crippen molar-refractivity contribution >= 4 is 21.6 Å². The molecule has 0 radical (unpaired) electrons. The van der Waals surface area contributed by atoms with Gasteiger partial charge in [0.15, 0.2) is 0 Å². The first-order valence-electron chi connectivity index (χ1n) is 7.12. The number of hydrogen-bond donors (Lipinski definition) is 0. The first-order valence-corrected chi connectivity index (χ1v) is 9.09. The zero-order valence-corrected chi connectivity index (χ0v) is 13.7. The van der Waals surface area contributed by atoms with Crippen LogP contribution in [0.1, 0.15) is 36.8 Å². The van der Waals surface area contributed by atoms with Gasteiger partial charge in [0.1, 0.15) is 0 Å². The minimum atomic E-state index is -3.37. The van der Waals surface area contributed by atoms with Crippen molar-refractivity contribution in [2.24, 2.45) is 0 Å². The third-order valence-electron chi connectivity index (χ3n) is 4.08. The molecule has 1 fully saturated rings. The maximum Gasteiger partial charge on any atom is 0.243 e. The molecule has 0 saturated carbocycles. The van der Waals surface area contributed by atoms with Gasteiger partial charge in [-0.25, -0.2) is 8.42 Å². The summed E-state index contributed by atoms with van der Waals surface area (Å²) in [5.74, 6) is 0.591. The number of nitrogens with zero attached hydrogens (tertiary/aromatic N) is 1. The molecular weight excluding hydrogens is 294 g/mol. The van der Waals surface area contributed by atoms with Crippen LogP contribution in [-0.4, -0.2) is 31.2 Å². The minimum Gasteiger partial charge on any atom is -0.207 e. The number of sulfonamides is 1. The van der Waals surface area contributed by atoms with E-state index in [-0.39, 0.29) is 6.04 Å². The second-order valence-corrected chi connectivity index (χ2v) is 7.76. The summed E-state index contributed by atoms with van der Waals surface area (Å²) >= 11 is 5.73. The Morgan fingerprint density at radius 2 is 2.05 bits per heavy atom. The van der Waals surface area contributed by atoms with Gasteiger partial charge in [-0.3, -0.25) is 0 Å². The monoisotopic (exact) mass is 315 g/mol. The molecule has 0 spiro atoms. The maximum absolute atomic E-state index is 12.8. The molecule has 1 saturated heterocycles. The average molecular weight is 316 g/mol. The van der Waals surface area contributed by atoms with Gasteiger partial charge in [0.25, 0.3) is 0 Å². The van der Waals surface area contributed by atoms with Gasteiger partial charge >= 0.3 is 0 Å². The highest BCUT2D eigenvalue weighted by atomic mass is 35.5. The Bertz CT molecular complexity index is 571. The quantitative estimate of drug-likeness (QED) is 0.780. The molecule has 1 aliphatic rings. The molecule has 5 heteroatoms. The number of halogens is 1. The molecule has 1 aromatic rings. The van der Waals surface area contributed by atoms with E-state index in [1.165, 1.54) is 0 Å². The summed E-state index contributed by atoms with van der Waals surface area (Å²) in [6, 6.07) is 5.49. The lowest BCUT2D eigenvalue weighted by molar-refractivity contribution is 0.368. The van der Waals surface area contributed by atoms with E-state index in [2.05, 4.69) is 0 Å². The molecule has 3 nitrogen and oxygen atoms in total. The molecule has 0 N–H and O–H groups in total. The molecule has 0 aromatic heterocycles. The largest absolute Gasteiger partial charge is 0.243 e. The summed E-state index contributed by atoms with van der Waals surface area (Å²) in [7, 11) is -3.37. The molecule has 1 aliphatic heterocycles. The highest BCUT2D eigenvalue weighted by molar-refractivity contribution is 7.89. The smallest absolute Gasteiger partial charge is 0.207 e. The Morgan fingerprint density at radius 1 is 1.30 bits per heavy atom. The van der Waals surface area contributed by atoms with E-state index in [1.807, 2.05) is 19.9 Å². The summed E-state index contributed by atoms with van der Waals surface area (Å²) in [4.78, 5) is 0.415. The van der Waals surface area contributed by atoms with Crippen LogP contribution >= 0.6 is 11.6 Å². The maximum atomic E-state index is 12.8. The lowest BCUT2D eigenvalue weighted by Gasteiger charge is -2.24. The zero-order valence-electron chi connectivity index (χ0n) is 12.1. The summed E-state index contributed by atoms with van der Waals surface area (Å²) in [5.41, 5.74) is 2.13. The number of alkyl halides is 1. The third kappa shape index (κ3) is 3.18. The van der Waals surface area contributed by atoms with Crippen LogP contribution in [0.5, 0.6) is 0 Å². The second kappa shape index (κ2) is 6.46. The molecule has 0 aliphatic carbocycles. The molecular formula is C15H22ClNO2S. The van der Waals surface area contributed by atoms with Crippen LogP contribution in [0, 0.1) is 13.8 Å². The molecule has 0 bridgehead atoms. The van der Waals surface area contributed by atoms with Gasteiger partial charge in [-0.15, -0.1) is 11.6 Å². The first-order chi connectivity index (χ1) is 9.46. The summed E-state index contributed by atoms with van der Waals surface area (Å²) in [5, 5.41) is 0. The summed E-state index contributed by atoms with van der Waals surface area (Å²) < 4.78 is 27.2. The Balaban J connectivity index is 2.26. The normalized spacial score (nSPS) is 20.4. The lowest BCUT2D eigenvalue weighted by Crippen LogP contribution is -2.35. The molecule has 1 unspecified atom stereocenters. The second-order valence-electron chi connectivity index (χ2n) is 5.49. The molecule has 20 heavy (non-hydrogen) atoms. The topological polar surface area (TPSA) is 37.4 Å². The van der Waals surface area contributed by atoms with E-state index >= 15 is 0 Å². The van der Waals surface area contributed by atoms with Gasteiger partial charge in [-0.1, -0.05) is 6.07 Å². The number of aryl methyl sites for hydroxylation is 2. The molecule has 1 heterocycles. The van der Waals surface area contributed by atoms with E-state index < -0.39 is 10.0 Å². The SMILES string of the molecule is Cc1ccc(S(=O)(=O)N2CCCC2CCCCl)cc1C. The van der Waals surface area contributed by atoms with Crippen LogP contribution in [0.3, 0.4) is 0 Å². The number of benzene rings is 1. The lowest BCUT2D eigenvalue weighted by atomic mass is 10.1. The van der Waals surface area contributed by atoms with E-state index in [1.54, 1.807) is 16.4 Å². The zero-order chi connectivity index (χ0) is 14.8. The van der Waals surface area contributed by atoms with Gasteiger partial charge in [0.2, 0.25) is 10.0 Å². The van der Waals surface area contributed by atoms with E-state index in [4.69, 9.17) is 11.6 Å². The Labute approximate surface area is 127 Å². The van der Waals surface area contributed by atoms with Crippen molar-refractivity contribution in [3.05, 3.63) is 29.3 Å². The van der Waals surface area contributed by atoms with Crippen molar-refractivity contribution < 1.29 is 8.42 Å². The van der Waals surface area contributed by atoms with Crippen molar-refractivity contribution in [3.63, 3.8) is 0 Å². The molecule has 0 amide bonds. The van der Waals surface area contributed by atoms with Crippen molar-refractivity contribution in [1.29, 1.82) is 0 Å². The van der Waals surface area contributed by atoms with Crippen molar-refractivity contribution in [2.45, 2.75) is 50.5 Å². The highest BCUT2D eigenvalue weighted by Gasteiger charge is 2.34. The van der Waals surface area contributed by atoms with Gasteiger partial charge in [-0.05, 0) is 62.8 Å². The minimum absolute atomic E-state index is 0.111. The van der Waals surface area contributed by atoms with Crippen LogP contribution in [0.4, 0.5) is 0 Å². The van der Waals surface area contributed by atoms with Crippen molar-refractivity contribution in [3.8, 4) is 0 Å². The fourth-order valence-corrected chi connectivity index (χ4v) is 4.70. The van der Waals surface area contributed by atoms with Gasteiger partial charge < -0.3 is 0 Å². The fourth-order valence-electron chi connectivity index (χ4n) is 2.74. The molecule has 1 aromatic carbocycles. The van der Waals surface area contributed by atoms with Crippen LogP contribution in [0.2, 0.25) is 0 Å². The predicted molar refractivity (Wildman–Crippen MR) is 82.8 cm³/mol. The highest BCUT2D eigenvalue weighted by Crippen LogP contribution is 2.29. The van der Waals surface area contributed by atoms with Gasteiger partial charge in [0, 0.05) is 18.5 Å². The van der Waals surface area contributed by atoms with E-state index in [0.717, 1.165) is 36.8 Å². The van der Waals surface area contributed by atoms with Gasteiger partial charge in [0.05, 0.1) is 4.90 Å². The molecule has 112 valence electrons. The van der Waals surface area contributed by atoms with Crippen LogP contribution in [0.15, 0.2) is 23.1 Å². The van der Waals surface area contributed by atoms with Crippen LogP contribution < -0.4 is 0 Å². The summed E-state index contributed by atoms with van der Waals surface area (Å²) in [6.07, 6.45) is 3.61. The average Bonchev–Trinajstić information content (AvgIpc) is 2.88. The standard InChI is InChI=1S/C15H22ClNO2S/c1-12-7-8-15(11-13(12)2)20(18,19)17-10-4-6-14(17)5-3-9-16/h7-8,11,14H,3-6,9-10H2,1-2H3. The van der Waals surface area contributed by atoms with Crippen molar-refractivity contribution in [1.82, 2.24) is 4.31 Å². The van der Waals surface area contributed by atoms with E-state index in [9.17, 15) is 8.42 Å². The third-order valence-corrected chi connectivity index (χ3v) is 6.29. The Hall–Kier alpha value is -0.580. The van der Waals surface area contributed by atoms with Crippen molar-refractivity contribution in [2.75, 3.05) is 12.4 Å². The fraction of sp³-hybridized carbons (Fsp3) is 0.600. The summed E-state index contributed by atoms with van der Waals surface area (Å²) in [6.45, 7) is 4.57. The van der Waals surface area contributed by atoms with Crippen LogP contribution in [0.25, 0.3) is 0 Å².